The summed E-state index contributed by atoms with van der Waals surface area (Å²) in [5.74, 6) is 0.785. The first kappa shape index (κ1) is 17.7. The highest BCUT2D eigenvalue weighted by Gasteiger charge is 2.26. The molecule has 1 aromatic carbocycles. The minimum Gasteiger partial charge on any atom is -0.495 e. The van der Waals surface area contributed by atoms with Gasteiger partial charge in [-0.25, -0.2) is 4.79 Å². The third-order valence-electron chi connectivity index (χ3n) is 3.80. The fourth-order valence-corrected chi connectivity index (χ4v) is 2.92. The van der Waals surface area contributed by atoms with E-state index in [4.69, 9.17) is 21.1 Å². The zero-order valence-corrected chi connectivity index (χ0v) is 14.5. The average Bonchev–Trinajstić information content (AvgIpc) is 2.95. The van der Waals surface area contributed by atoms with Gasteiger partial charge < -0.3 is 25.0 Å². The maximum Gasteiger partial charge on any atom is 0.315 e. The van der Waals surface area contributed by atoms with E-state index in [0.29, 0.717) is 11.6 Å². The Morgan fingerprint density at radius 1 is 1.48 bits per heavy atom. The third kappa shape index (κ3) is 4.91. The monoisotopic (exact) mass is 341 g/mol. The molecule has 7 heteroatoms. The molecule has 2 atom stereocenters. The Morgan fingerprint density at radius 2 is 2.26 bits per heavy atom. The zero-order chi connectivity index (χ0) is 16.8. The van der Waals surface area contributed by atoms with Gasteiger partial charge in [0.2, 0.25) is 0 Å². The number of benzene rings is 1. The van der Waals surface area contributed by atoms with Crippen LogP contribution in [0.1, 0.15) is 13.3 Å². The van der Waals surface area contributed by atoms with E-state index in [1.165, 1.54) is 0 Å². The van der Waals surface area contributed by atoms with Crippen LogP contribution in [0.4, 0.5) is 10.5 Å². The average molecular weight is 342 g/mol. The van der Waals surface area contributed by atoms with Crippen molar-refractivity contribution in [1.29, 1.82) is 0 Å². The summed E-state index contributed by atoms with van der Waals surface area (Å²) in [6, 6.07) is 5.46. The molecule has 0 saturated carbocycles. The molecule has 6 nitrogen and oxygen atoms in total. The van der Waals surface area contributed by atoms with Crippen LogP contribution in [0.15, 0.2) is 18.2 Å². The van der Waals surface area contributed by atoms with Gasteiger partial charge in [0.05, 0.1) is 25.4 Å². The smallest absolute Gasteiger partial charge is 0.315 e. The second-order valence-corrected chi connectivity index (χ2v) is 6.16. The van der Waals surface area contributed by atoms with Crippen LogP contribution in [-0.2, 0) is 4.74 Å². The topological polar surface area (TPSA) is 62.8 Å². The van der Waals surface area contributed by atoms with Crippen molar-refractivity contribution < 1.29 is 14.3 Å². The second kappa shape index (κ2) is 8.26. The number of rotatable bonds is 6. The fraction of sp³-hybridized carbons (Fsp3) is 0.562. The molecule has 0 spiro atoms. The van der Waals surface area contributed by atoms with Crippen molar-refractivity contribution in [3.05, 3.63) is 23.2 Å². The number of halogens is 1. The quantitative estimate of drug-likeness (QED) is 0.833. The van der Waals surface area contributed by atoms with E-state index in [-0.39, 0.29) is 18.1 Å². The molecule has 1 heterocycles. The number of methoxy groups -OCH3 is 2. The SMILES string of the molecule is COC[C@H](C)NC(=O)N[C@@H]1CCN(c2cc(Cl)ccc2OC)C1. The standard InChI is InChI=1S/C16H24ClN3O3/c1-11(10-22-2)18-16(21)19-13-6-7-20(9-13)14-8-12(17)4-5-15(14)23-3/h4-5,8,11,13H,6-7,9-10H2,1-3H3,(H2,18,19,21)/t11-,13+/m0/s1. The van der Waals surface area contributed by atoms with Crippen molar-refractivity contribution in [1.82, 2.24) is 10.6 Å². The second-order valence-electron chi connectivity index (χ2n) is 5.72. The molecule has 2 rings (SSSR count). The van der Waals surface area contributed by atoms with E-state index in [2.05, 4.69) is 15.5 Å². The first-order valence-electron chi connectivity index (χ1n) is 7.68. The van der Waals surface area contributed by atoms with Crippen LogP contribution in [0.25, 0.3) is 0 Å². The van der Waals surface area contributed by atoms with Gasteiger partial charge in [0.25, 0.3) is 0 Å². The lowest BCUT2D eigenvalue weighted by molar-refractivity contribution is 0.170. The summed E-state index contributed by atoms with van der Waals surface area (Å²) in [7, 11) is 3.26. The van der Waals surface area contributed by atoms with Crippen LogP contribution in [0.2, 0.25) is 5.02 Å². The Morgan fingerprint density at radius 3 is 2.96 bits per heavy atom. The van der Waals surface area contributed by atoms with Gasteiger partial charge >= 0.3 is 6.03 Å². The molecule has 1 fully saturated rings. The van der Waals surface area contributed by atoms with E-state index in [9.17, 15) is 4.79 Å². The normalized spacial score (nSPS) is 18.6. The molecule has 2 N–H and O–H groups in total. The van der Waals surface area contributed by atoms with Crippen molar-refractivity contribution in [2.75, 3.05) is 38.8 Å². The molecule has 23 heavy (non-hydrogen) atoms. The number of urea groups is 1. The summed E-state index contributed by atoms with van der Waals surface area (Å²) in [5.41, 5.74) is 0.956. The van der Waals surface area contributed by atoms with E-state index in [0.717, 1.165) is 30.9 Å². The summed E-state index contributed by atoms with van der Waals surface area (Å²) >= 11 is 6.09. The van der Waals surface area contributed by atoms with Gasteiger partial charge in [-0.2, -0.15) is 0 Å². The number of anilines is 1. The highest BCUT2D eigenvalue weighted by Crippen LogP contribution is 2.33. The molecule has 1 saturated heterocycles. The molecule has 1 aliphatic rings. The summed E-state index contributed by atoms with van der Waals surface area (Å²) in [4.78, 5) is 14.1. The number of nitrogens with zero attached hydrogens (tertiary/aromatic N) is 1. The van der Waals surface area contributed by atoms with Crippen molar-refractivity contribution in [2.24, 2.45) is 0 Å². The molecule has 0 aliphatic carbocycles. The Bertz CT molecular complexity index is 541. The number of amides is 2. The van der Waals surface area contributed by atoms with Crippen LogP contribution in [0.5, 0.6) is 5.75 Å². The lowest BCUT2D eigenvalue weighted by Gasteiger charge is -2.22. The summed E-state index contributed by atoms with van der Waals surface area (Å²) < 4.78 is 10.4. The number of nitrogens with one attached hydrogen (secondary N) is 2. The number of hydrogen-bond acceptors (Lipinski definition) is 4. The molecule has 0 bridgehead atoms. The van der Waals surface area contributed by atoms with Gasteiger partial charge in [-0.15, -0.1) is 0 Å². The highest BCUT2D eigenvalue weighted by molar-refractivity contribution is 6.30. The number of carbonyl (C=O) groups excluding carboxylic acids is 1. The predicted molar refractivity (Wildman–Crippen MR) is 91.6 cm³/mol. The maximum absolute atomic E-state index is 12.0. The molecule has 0 aromatic heterocycles. The Kier molecular flexibility index (Phi) is 6.36. The van der Waals surface area contributed by atoms with Crippen LogP contribution >= 0.6 is 11.6 Å². The molecule has 128 valence electrons. The minimum atomic E-state index is -0.167. The third-order valence-corrected chi connectivity index (χ3v) is 4.03. The van der Waals surface area contributed by atoms with Crippen molar-refractivity contribution >= 4 is 23.3 Å². The molecular weight excluding hydrogens is 318 g/mol. The Labute approximate surface area is 142 Å². The Balaban J connectivity index is 1.91. The van der Waals surface area contributed by atoms with E-state index in [1.807, 2.05) is 19.1 Å². The van der Waals surface area contributed by atoms with Crippen LogP contribution in [0.3, 0.4) is 0 Å². The first-order chi connectivity index (χ1) is 11.0. The molecule has 2 amide bonds. The lowest BCUT2D eigenvalue weighted by Crippen LogP contribution is -2.47. The fourth-order valence-electron chi connectivity index (χ4n) is 2.75. The molecular formula is C16H24ClN3O3. The summed E-state index contributed by atoms with van der Waals surface area (Å²) in [6.45, 7) is 3.96. The van der Waals surface area contributed by atoms with Gasteiger partial charge in [-0.05, 0) is 31.5 Å². The lowest BCUT2D eigenvalue weighted by atomic mass is 10.2. The van der Waals surface area contributed by atoms with Crippen LogP contribution in [0, 0.1) is 0 Å². The van der Waals surface area contributed by atoms with E-state index >= 15 is 0 Å². The van der Waals surface area contributed by atoms with Gasteiger partial charge in [-0.3, -0.25) is 0 Å². The summed E-state index contributed by atoms with van der Waals surface area (Å²) in [5, 5.41) is 6.52. The predicted octanol–water partition coefficient (Wildman–Crippen LogP) is 2.26. The molecule has 1 aliphatic heterocycles. The van der Waals surface area contributed by atoms with E-state index in [1.54, 1.807) is 20.3 Å². The minimum absolute atomic E-state index is 0.0227. The molecule has 1 aromatic rings. The largest absolute Gasteiger partial charge is 0.495 e. The maximum atomic E-state index is 12.0. The van der Waals surface area contributed by atoms with Gasteiger partial charge in [0.15, 0.2) is 0 Å². The van der Waals surface area contributed by atoms with Gasteiger partial charge in [-0.1, -0.05) is 11.6 Å². The molecule has 0 unspecified atom stereocenters. The Hall–Kier alpha value is -1.66. The summed E-state index contributed by atoms with van der Waals surface area (Å²) in [6.07, 6.45) is 0.877. The van der Waals surface area contributed by atoms with Crippen LogP contribution < -0.4 is 20.3 Å². The van der Waals surface area contributed by atoms with E-state index < -0.39 is 0 Å². The van der Waals surface area contributed by atoms with Crippen molar-refractivity contribution in [3.63, 3.8) is 0 Å². The van der Waals surface area contributed by atoms with Crippen LogP contribution in [-0.4, -0.2) is 52.0 Å². The number of ether oxygens (including phenoxy) is 2. The highest BCUT2D eigenvalue weighted by atomic mass is 35.5. The van der Waals surface area contributed by atoms with Gasteiger partial charge in [0.1, 0.15) is 5.75 Å². The molecule has 0 radical (unpaired) electrons. The van der Waals surface area contributed by atoms with Crippen molar-refractivity contribution in [3.8, 4) is 5.75 Å². The number of hydrogen-bond donors (Lipinski definition) is 2. The van der Waals surface area contributed by atoms with Gasteiger partial charge in [0, 0.05) is 31.3 Å². The van der Waals surface area contributed by atoms with Crippen molar-refractivity contribution in [2.45, 2.75) is 25.4 Å². The number of carbonyl (C=O) groups is 1. The zero-order valence-electron chi connectivity index (χ0n) is 13.8. The first-order valence-corrected chi connectivity index (χ1v) is 8.05.